The number of rotatable bonds is 4. The first-order chi connectivity index (χ1) is 16.5. The first-order valence-electron chi connectivity index (χ1n) is 12.8. The van der Waals surface area contributed by atoms with E-state index in [0.717, 1.165) is 62.5 Å². The van der Waals surface area contributed by atoms with Crippen LogP contribution in [0.3, 0.4) is 0 Å². The minimum Gasteiger partial charge on any atom is -0.353 e. The monoisotopic (exact) mass is 532 g/mol. The highest BCUT2D eigenvalue weighted by Crippen LogP contribution is 2.34. The quantitative estimate of drug-likeness (QED) is 0.478. The molecule has 8 heteroatoms. The molecule has 2 amide bonds. The van der Waals surface area contributed by atoms with Crippen LogP contribution in [0.4, 0.5) is 0 Å². The zero-order chi connectivity index (χ0) is 23.7. The molecular weight excluding hydrogens is 495 g/mol. The average Bonchev–Trinajstić information content (AvgIpc) is 2.86. The van der Waals surface area contributed by atoms with Gasteiger partial charge in [0.15, 0.2) is 0 Å². The average molecular weight is 534 g/mol. The molecule has 6 nitrogen and oxygen atoms in total. The second-order valence-corrected chi connectivity index (χ2v) is 10.3. The van der Waals surface area contributed by atoms with E-state index in [9.17, 15) is 9.59 Å². The fraction of sp³-hybridized carbons (Fsp3) is 0.500. The maximum absolute atomic E-state index is 13.0. The van der Waals surface area contributed by atoms with Crippen LogP contribution >= 0.6 is 24.8 Å². The van der Waals surface area contributed by atoms with E-state index >= 15 is 0 Å². The summed E-state index contributed by atoms with van der Waals surface area (Å²) in [6.07, 6.45) is 6.86. The van der Waals surface area contributed by atoms with Crippen molar-refractivity contribution >= 4 is 36.6 Å². The smallest absolute Gasteiger partial charge is 0.225 e. The Morgan fingerprint density at radius 3 is 1.36 bits per heavy atom. The highest BCUT2D eigenvalue weighted by atomic mass is 35.5. The van der Waals surface area contributed by atoms with Gasteiger partial charge in [0.1, 0.15) is 0 Å². The lowest BCUT2D eigenvalue weighted by Gasteiger charge is -2.35. The van der Waals surface area contributed by atoms with Gasteiger partial charge in [0.25, 0.3) is 0 Å². The number of carbonyl (C=O) groups is 2. The minimum absolute atomic E-state index is 0. The number of amides is 2. The number of aryl methyl sites for hydroxylation is 2. The minimum atomic E-state index is -0.245. The first-order valence-corrected chi connectivity index (χ1v) is 12.8. The van der Waals surface area contributed by atoms with Crippen LogP contribution in [0.2, 0.25) is 0 Å². The molecule has 196 valence electrons. The highest BCUT2D eigenvalue weighted by molar-refractivity contribution is 5.85. The molecule has 2 aromatic carbocycles. The molecule has 4 atom stereocenters. The summed E-state index contributed by atoms with van der Waals surface area (Å²) in [7, 11) is 0. The Morgan fingerprint density at radius 1 is 0.611 bits per heavy atom. The first kappa shape index (κ1) is 28.5. The summed E-state index contributed by atoms with van der Waals surface area (Å²) in [6.45, 7) is 0. The lowest BCUT2D eigenvalue weighted by molar-refractivity contribution is -0.128. The predicted molar refractivity (Wildman–Crippen MR) is 147 cm³/mol. The summed E-state index contributed by atoms with van der Waals surface area (Å²) < 4.78 is 0. The van der Waals surface area contributed by atoms with Gasteiger partial charge in [-0.05, 0) is 73.6 Å². The van der Waals surface area contributed by atoms with Crippen LogP contribution in [-0.2, 0) is 22.4 Å². The zero-order valence-electron chi connectivity index (χ0n) is 20.5. The predicted octanol–water partition coefficient (Wildman–Crippen LogP) is 3.90. The molecule has 0 aliphatic heterocycles. The molecule has 1 saturated carbocycles. The van der Waals surface area contributed by atoms with Crippen LogP contribution in [0.5, 0.6) is 0 Å². The molecule has 6 N–H and O–H groups in total. The Hall–Kier alpha value is -2.12. The van der Waals surface area contributed by atoms with E-state index in [4.69, 9.17) is 11.5 Å². The van der Waals surface area contributed by atoms with Crippen molar-refractivity contribution in [2.24, 2.45) is 23.3 Å². The Labute approximate surface area is 226 Å². The van der Waals surface area contributed by atoms with Gasteiger partial charge >= 0.3 is 0 Å². The maximum atomic E-state index is 13.0. The summed E-state index contributed by atoms with van der Waals surface area (Å²) in [5.74, 6) is -0.214. The molecule has 0 radical (unpaired) electrons. The van der Waals surface area contributed by atoms with Gasteiger partial charge in [0.2, 0.25) is 11.8 Å². The molecule has 5 rings (SSSR count). The van der Waals surface area contributed by atoms with Crippen LogP contribution < -0.4 is 22.1 Å². The van der Waals surface area contributed by atoms with Crippen LogP contribution in [0.15, 0.2) is 48.5 Å². The summed E-state index contributed by atoms with van der Waals surface area (Å²) in [5, 5.41) is 6.51. The molecule has 0 aromatic heterocycles. The van der Waals surface area contributed by atoms with Gasteiger partial charge in [0, 0.05) is 24.2 Å². The summed E-state index contributed by atoms with van der Waals surface area (Å²) in [6, 6.07) is 16.2. The van der Waals surface area contributed by atoms with Crippen LogP contribution in [0.1, 0.15) is 72.9 Å². The number of halogens is 2. The summed E-state index contributed by atoms with van der Waals surface area (Å²) >= 11 is 0. The lowest BCUT2D eigenvalue weighted by Crippen LogP contribution is -2.49. The summed E-state index contributed by atoms with van der Waals surface area (Å²) in [4.78, 5) is 26.0. The fourth-order valence-corrected chi connectivity index (χ4v) is 6.18. The van der Waals surface area contributed by atoms with Gasteiger partial charge in [-0.2, -0.15) is 0 Å². The Bertz CT molecular complexity index is 974. The number of benzene rings is 2. The van der Waals surface area contributed by atoms with Crippen molar-refractivity contribution in [3.8, 4) is 0 Å². The van der Waals surface area contributed by atoms with Crippen LogP contribution in [-0.4, -0.2) is 23.9 Å². The third kappa shape index (κ3) is 5.88. The van der Waals surface area contributed by atoms with E-state index in [1.807, 2.05) is 36.4 Å². The van der Waals surface area contributed by atoms with Gasteiger partial charge in [-0.3, -0.25) is 9.59 Å². The Morgan fingerprint density at radius 2 is 0.972 bits per heavy atom. The highest BCUT2D eigenvalue weighted by Gasteiger charge is 2.35. The largest absolute Gasteiger partial charge is 0.353 e. The molecule has 36 heavy (non-hydrogen) atoms. The normalized spacial score (nSPS) is 28.8. The molecule has 0 saturated heterocycles. The number of hydrogen-bond acceptors (Lipinski definition) is 4. The van der Waals surface area contributed by atoms with Crippen molar-refractivity contribution in [2.45, 2.75) is 75.5 Å². The van der Waals surface area contributed by atoms with Crippen molar-refractivity contribution in [2.75, 3.05) is 0 Å². The molecule has 0 bridgehead atoms. The van der Waals surface area contributed by atoms with Gasteiger partial charge in [-0.25, -0.2) is 0 Å². The Balaban J connectivity index is 0.00000180. The topological polar surface area (TPSA) is 110 Å². The fourth-order valence-electron chi connectivity index (χ4n) is 6.18. The molecule has 4 unspecified atom stereocenters. The number of fused-ring (bicyclic) bond motifs is 2. The molecule has 0 heterocycles. The van der Waals surface area contributed by atoms with E-state index in [-0.39, 0.29) is 72.6 Å². The van der Waals surface area contributed by atoms with E-state index in [1.54, 1.807) is 0 Å². The van der Waals surface area contributed by atoms with Gasteiger partial charge in [-0.1, -0.05) is 48.5 Å². The number of nitrogens with two attached hydrogens (primary N) is 2. The van der Waals surface area contributed by atoms with Crippen LogP contribution in [0.25, 0.3) is 0 Å². The van der Waals surface area contributed by atoms with Crippen molar-refractivity contribution in [1.29, 1.82) is 0 Å². The molecule has 3 aliphatic carbocycles. The second-order valence-electron chi connectivity index (χ2n) is 10.3. The molecule has 0 spiro atoms. The van der Waals surface area contributed by atoms with Crippen molar-refractivity contribution in [3.63, 3.8) is 0 Å². The lowest BCUT2D eigenvalue weighted by atomic mass is 9.79. The zero-order valence-corrected chi connectivity index (χ0v) is 22.2. The van der Waals surface area contributed by atoms with E-state index in [2.05, 4.69) is 22.8 Å². The number of nitrogens with one attached hydrogen (secondary N) is 2. The van der Waals surface area contributed by atoms with Crippen LogP contribution in [0, 0.1) is 11.8 Å². The van der Waals surface area contributed by atoms with Gasteiger partial charge in [-0.15, -0.1) is 24.8 Å². The van der Waals surface area contributed by atoms with Crippen molar-refractivity contribution in [3.05, 3.63) is 70.8 Å². The SMILES string of the molecule is Cl.Cl.NC1c2ccccc2CCC1C(=O)NC1CCC(NC(=O)C2CCc3ccccc3C2N)CC1. The summed E-state index contributed by atoms with van der Waals surface area (Å²) in [5.41, 5.74) is 17.7. The standard InChI is InChI=1S/C28H36N4O2.2ClH/c29-25-21-7-3-1-5-17(21)9-15-23(25)27(33)31-19-11-13-20(14-12-19)32-28(34)24-16-10-18-6-2-4-8-22(18)26(24)30;;/h1-8,19-20,23-26H,9-16,29-30H2,(H,31,33)(H,32,34);2*1H. The molecule has 3 aliphatic rings. The Kier molecular flexibility index (Phi) is 9.81. The number of hydrogen-bond donors (Lipinski definition) is 4. The number of carbonyl (C=O) groups excluding carboxylic acids is 2. The van der Waals surface area contributed by atoms with E-state index in [0.29, 0.717) is 0 Å². The van der Waals surface area contributed by atoms with E-state index in [1.165, 1.54) is 11.1 Å². The third-order valence-corrected chi connectivity index (χ3v) is 8.24. The molecule has 2 aromatic rings. The van der Waals surface area contributed by atoms with Crippen molar-refractivity contribution in [1.82, 2.24) is 10.6 Å². The second kappa shape index (κ2) is 12.4. The van der Waals surface area contributed by atoms with Gasteiger partial charge < -0.3 is 22.1 Å². The molecule has 1 fully saturated rings. The van der Waals surface area contributed by atoms with E-state index < -0.39 is 0 Å². The van der Waals surface area contributed by atoms with Gasteiger partial charge in [0.05, 0.1) is 11.8 Å². The molecular formula is C28H38Cl2N4O2. The third-order valence-electron chi connectivity index (χ3n) is 8.24. The maximum Gasteiger partial charge on any atom is 0.225 e. The van der Waals surface area contributed by atoms with Crippen molar-refractivity contribution < 1.29 is 9.59 Å².